The van der Waals surface area contributed by atoms with Crippen molar-refractivity contribution in [1.82, 2.24) is 5.32 Å². The lowest BCUT2D eigenvalue weighted by molar-refractivity contribution is -0.145. The van der Waals surface area contributed by atoms with Crippen LogP contribution < -0.4 is 5.32 Å². The molecule has 2 amide bonds. The number of rotatable bonds is 1. The van der Waals surface area contributed by atoms with Crippen LogP contribution in [0.25, 0.3) is 0 Å². The van der Waals surface area contributed by atoms with E-state index in [-0.39, 0.29) is 23.1 Å². The molecule has 0 bridgehead atoms. The van der Waals surface area contributed by atoms with Crippen LogP contribution in [0.3, 0.4) is 0 Å². The summed E-state index contributed by atoms with van der Waals surface area (Å²) in [5.74, 6) is 0.260. The van der Waals surface area contributed by atoms with E-state index in [1.54, 1.807) is 0 Å². The van der Waals surface area contributed by atoms with Crippen LogP contribution in [-0.4, -0.2) is 11.8 Å². The van der Waals surface area contributed by atoms with Gasteiger partial charge in [-0.2, -0.15) is 0 Å². The van der Waals surface area contributed by atoms with Gasteiger partial charge in [-0.1, -0.05) is 26.7 Å². The van der Waals surface area contributed by atoms with Crippen molar-refractivity contribution < 1.29 is 9.59 Å². The zero-order chi connectivity index (χ0) is 11.1. The summed E-state index contributed by atoms with van der Waals surface area (Å²) >= 11 is 0. The summed E-state index contributed by atoms with van der Waals surface area (Å²) in [5, 5.41) is 2.48. The third kappa shape index (κ3) is 1.68. The first-order valence-corrected chi connectivity index (χ1v) is 5.89. The molecular weight excluding hydrogens is 190 g/mol. The minimum atomic E-state index is -0.0706. The number of amides is 2. The number of imide groups is 1. The molecule has 84 valence electrons. The lowest BCUT2D eigenvalue weighted by Crippen LogP contribution is -2.53. The molecule has 15 heavy (non-hydrogen) atoms. The Morgan fingerprint density at radius 2 is 1.87 bits per heavy atom. The zero-order valence-corrected chi connectivity index (χ0v) is 9.51. The Labute approximate surface area is 90.6 Å². The van der Waals surface area contributed by atoms with Crippen molar-refractivity contribution in [2.75, 3.05) is 0 Å². The van der Waals surface area contributed by atoms with Crippen LogP contribution in [0.1, 0.15) is 46.0 Å². The van der Waals surface area contributed by atoms with Crippen LogP contribution in [0.2, 0.25) is 0 Å². The van der Waals surface area contributed by atoms with E-state index in [0.29, 0.717) is 12.3 Å². The second-order valence-corrected chi connectivity index (χ2v) is 5.38. The van der Waals surface area contributed by atoms with Gasteiger partial charge in [-0.05, 0) is 24.2 Å². The molecule has 1 unspecified atom stereocenters. The van der Waals surface area contributed by atoms with E-state index >= 15 is 0 Å². The van der Waals surface area contributed by atoms with Crippen LogP contribution in [0, 0.1) is 17.3 Å². The van der Waals surface area contributed by atoms with Crippen molar-refractivity contribution in [3.63, 3.8) is 0 Å². The predicted octanol–water partition coefficient (Wildman–Crippen LogP) is 1.87. The summed E-state index contributed by atoms with van der Waals surface area (Å²) in [6.45, 7) is 4.17. The number of nitrogens with one attached hydrogen (secondary N) is 1. The molecule has 1 aliphatic carbocycles. The molecule has 1 aliphatic heterocycles. The Bertz CT molecular complexity index is 290. The van der Waals surface area contributed by atoms with Crippen LogP contribution in [-0.2, 0) is 9.59 Å². The molecule has 2 aliphatic rings. The first-order valence-electron chi connectivity index (χ1n) is 5.89. The maximum absolute atomic E-state index is 11.9. The van der Waals surface area contributed by atoms with Gasteiger partial charge in [0.1, 0.15) is 0 Å². The fourth-order valence-corrected chi connectivity index (χ4v) is 3.54. The predicted molar refractivity (Wildman–Crippen MR) is 57.0 cm³/mol. The van der Waals surface area contributed by atoms with Gasteiger partial charge in [0, 0.05) is 12.3 Å². The molecule has 3 nitrogen and oxygen atoms in total. The largest absolute Gasteiger partial charge is 0.296 e. The van der Waals surface area contributed by atoms with Gasteiger partial charge in [-0.3, -0.25) is 14.9 Å². The van der Waals surface area contributed by atoms with E-state index in [0.717, 1.165) is 12.8 Å². The van der Waals surface area contributed by atoms with Crippen LogP contribution in [0.15, 0.2) is 0 Å². The zero-order valence-electron chi connectivity index (χ0n) is 9.51. The third-order valence-corrected chi connectivity index (χ3v) is 3.98. The lowest BCUT2D eigenvalue weighted by atomic mass is 9.64. The Morgan fingerprint density at radius 3 is 2.40 bits per heavy atom. The Balaban J connectivity index is 2.30. The highest BCUT2D eigenvalue weighted by atomic mass is 16.2. The van der Waals surface area contributed by atoms with Gasteiger partial charge in [0.25, 0.3) is 0 Å². The van der Waals surface area contributed by atoms with Crippen molar-refractivity contribution >= 4 is 11.8 Å². The van der Waals surface area contributed by atoms with E-state index in [9.17, 15) is 9.59 Å². The van der Waals surface area contributed by atoms with Gasteiger partial charge in [0.05, 0.1) is 0 Å². The van der Waals surface area contributed by atoms with Gasteiger partial charge in [-0.15, -0.1) is 0 Å². The highest BCUT2D eigenvalue weighted by Crippen LogP contribution is 2.51. The average Bonchev–Trinajstić information content (AvgIpc) is 2.50. The summed E-state index contributed by atoms with van der Waals surface area (Å²) in [4.78, 5) is 23.3. The van der Waals surface area contributed by atoms with E-state index in [2.05, 4.69) is 19.2 Å². The molecule has 0 aromatic heterocycles. The Kier molecular flexibility index (Phi) is 2.57. The molecule has 3 heteroatoms. The van der Waals surface area contributed by atoms with Gasteiger partial charge in [0.15, 0.2) is 0 Å². The summed E-state index contributed by atoms with van der Waals surface area (Å²) < 4.78 is 0. The van der Waals surface area contributed by atoms with Crippen LogP contribution >= 0.6 is 0 Å². The smallest absolute Gasteiger partial charge is 0.230 e. The quantitative estimate of drug-likeness (QED) is 0.670. The highest BCUT2D eigenvalue weighted by molar-refractivity contribution is 5.99. The van der Waals surface area contributed by atoms with Crippen LogP contribution in [0.5, 0.6) is 0 Å². The molecule has 0 radical (unpaired) electrons. The topological polar surface area (TPSA) is 46.2 Å². The first kappa shape index (κ1) is 10.7. The van der Waals surface area contributed by atoms with E-state index in [1.807, 2.05) is 0 Å². The fraction of sp³-hybridized carbons (Fsp3) is 0.833. The lowest BCUT2D eigenvalue weighted by Gasteiger charge is -2.41. The maximum atomic E-state index is 11.9. The summed E-state index contributed by atoms with van der Waals surface area (Å²) in [6.07, 6.45) is 5.00. The minimum absolute atomic E-state index is 0.00637. The fourth-order valence-electron chi connectivity index (χ4n) is 3.54. The van der Waals surface area contributed by atoms with Gasteiger partial charge in [0.2, 0.25) is 11.8 Å². The Hall–Kier alpha value is -0.860. The van der Waals surface area contributed by atoms with E-state index in [1.165, 1.54) is 12.8 Å². The van der Waals surface area contributed by atoms with Crippen LogP contribution in [0.4, 0.5) is 0 Å². The molecular formula is C12H19NO2. The van der Waals surface area contributed by atoms with E-state index in [4.69, 9.17) is 0 Å². The molecule has 2 rings (SSSR count). The first-order chi connectivity index (χ1) is 7.05. The molecule has 1 atom stereocenters. The molecule has 1 saturated carbocycles. The monoisotopic (exact) mass is 209 g/mol. The maximum Gasteiger partial charge on any atom is 0.230 e. The Morgan fingerprint density at radius 1 is 1.27 bits per heavy atom. The normalized spacial score (nSPS) is 29.9. The highest BCUT2D eigenvalue weighted by Gasteiger charge is 2.50. The number of hydrogen-bond donors (Lipinski definition) is 1. The summed E-state index contributed by atoms with van der Waals surface area (Å²) in [6, 6.07) is 0. The molecule has 1 spiro atoms. The SMILES string of the molecule is CC(C)C1C(=O)NC(=O)CC12CCCC2. The van der Waals surface area contributed by atoms with Crippen molar-refractivity contribution in [2.24, 2.45) is 17.3 Å². The van der Waals surface area contributed by atoms with Crippen molar-refractivity contribution in [3.05, 3.63) is 0 Å². The van der Waals surface area contributed by atoms with Crippen molar-refractivity contribution in [3.8, 4) is 0 Å². The van der Waals surface area contributed by atoms with Crippen molar-refractivity contribution in [2.45, 2.75) is 46.0 Å². The minimum Gasteiger partial charge on any atom is -0.296 e. The second kappa shape index (κ2) is 3.62. The molecule has 1 saturated heterocycles. The number of carbonyl (C=O) groups excluding carboxylic acids is 2. The second-order valence-electron chi connectivity index (χ2n) is 5.38. The number of hydrogen-bond acceptors (Lipinski definition) is 2. The molecule has 0 aromatic rings. The molecule has 2 fully saturated rings. The molecule has 1 heterocycles. The summed E-state index contributed by atoms with van der Waals surface area (Å²) in [5.41, 5.74) is -0.00637. The summed E-state index contributed by atoms with van der Waals surface area (Å²) in [7, 11) is 0. The van der Waals surface area contributed by atoms with Crippen molar-refractivity contribution in [1.29, 1.82) is 0 Å². The van der Waals surface area contributed by atoms with E-state index < -0.39 is 0 Å². The van der Waals surface area contributed by atoms with Gasteiger partial charge >= 0.3 is 0 Å². The number of piperidine rings is 1. The van der Waals surface area contributed by atoms with Gasteiger partial charge < -0.3 is 0 Å². The molecule has 0 aromatic carbocycles. The third-order valence-electron chi connectivity index (χ3n) is 3.98. The molecule has 1 N–H and O–H groups in total. The standard InChI is InChI=1S/C12H19NO2/c1-8(2)10-11(15)13-9(14)7-12(10)5-3-4-6-12/h8,10H,3-7H2,1-2H3,(H,13,14,15). The van der Waals surface area contributed by atoms with Gasteiger partial charge in [-0.25, -0.2) is 0 Å². The average molecular weight is 209 g/mol. The number of carbonyl (C=O) groups is 2.